The van der Waals surface area contributed by atoms with Gasteiger partial charge in [0.1, 0.15) is 6.61 Å². The number of amides is 1. The fourth-order valence-corrected chi connectivity index (χ4v) is 2.08. The lowest BCUT2D eigenvalue weighted by atomic mass is 10.2. The molecule has 0 aliphatic rings. The number of ether oxygens (including phenoxy) is 1. The first-order valence-electron chi connectivity index (χ1n) is 6.64. The predicted molar refractivity (Wildman–Crippen MR) is 82.0 cm³/mol. The van der Waals surface area contributed by atoms with E-state index in [1.165, 1.54) is 0 Å². The lowest BCUT2D eigenvalue weighted by molar-refractivity contribution is 0.155. The second kappa shape index (κ2) is 6.05. The number of fused-ring (bicyclic) bond motifs is 1. The molecule has 0 bridgehead atoms. The Morgan fingerprint density at radius 1 is 1.00 bits per heavy atom. The Balaban J connectivity index is 1.69. The zero-order valence-electron chi connectivity index (χ0n) is 11.3. The minimum absolute atomic E-state index is 0.246. The summed E-state index contributed by atoms with van der Waals surface area (Å²) in [5.41, 5.74) is 2.48. The third-order valence-corrected chi connectivity index (χ3v) is 3.10. The molecule has 21 heavy (non-hydrogen) atoms. The lowest BCUT2D eigenvalue weighted by Gasteiger charge is -2.09. The van der Waals surface area contributed by atoms with Crippen LogP contribution < -0.4 is 5.32 Å². The first-order chi connectivity index (χ1) is 10.3. The van der Waals surface area contributed by atoms with Crippen LogP contribution >= 0.6 is 0 Å². The van der Waals surface area contributed by atoms with Gasteiger partial charge in [-0.2, -0.15) is 0 Å². The number of nitrogens with zero attached hydrogens (tertiary/aromatic N) is 1. The molecule has 0 atom stereocenters. The molecule has 0 aliphatic heterocycles. The maximum atomic E-state index is 11.9. The van der Waals surface area contributed by atoms with Gasteiger partial charge in [-0.15, -0.1) is 0 Å². The number of benzene rings is 2. The molecule has 3 rings (SSSR count). The van der Waals surface area contributed by atoms with E-state index >= 15 is 0 Å². The first-order valence-corrected chi connectivity index (χ1v) is 6.64. The Hall–Kier alpha value is -2.88. The van der Waals surface area contributed by atoms with Gasteiger partial charge in [-0.3, -0.25) is 10.3 Å². The van der Waals surface area contributed by atoms with Crippen molar-refractivity contribution in [2.45, 2.75) is 6.61 Å². The van der Waals surface area contributed by atoms with Crippen molar-refractivity contribution in [1.82, 2.24) is 4.98 Å². The summed E-state index contributed by atoms with van der Waals surface area (Å²) in [7, 11) is 0. The largest absolute Gasteiger partial charge is 0.444 e. The topological polar surface area (TPSA) is 51.2 Å². The highest BCUT2D eigenvalue weighted by Gasteiger charge is 2.07. The molecule has 3 aromatic rings. The molecule has 0 saturated carbocycles. The third-order valence-electron chi connectivity index (χ3n) is 3.10. The van der Waals surface area contributed by atoms with Crippen molar-refractivity contribution >= 4 is 22.7 Å². The fraction of sp³-hybridized carbons (Fsp3) is 0.0588. The fourth-order valence-electron chi connectivity index (χ4n) is 2.08. The van der Waals surface area contributed by atoms with Gasteiger partial charge >= 0.3 is 6.09 Å². The highest BCUT2D eigenvalue weighted by atomic mass is 16.5. The summed E-state index contributed by atoms with van der Waals surface area (Å²) in [5.74, 6) is 0. The van der Waals surface area contributed by atoms with E-state index in [0.717, 1.165) is 16.5 Å². The van der Waals surface area contributed by atoms with Gasteiger partial charge in [0.25, 0.3) is 0 Å². The van der Waals surface area contributed by atoms with Gasteiger partial charge in [-0.25, -0.2) is 4.79 Å². The molecule has 0 saturated heterocycles. The monoisotopic (exact) mass is 278 g/mol. The Kier molecular flexibility index (Phi) is 3.78. The van der Waals surface area contributed by atoms with E-state index < -0.39 is 6.09 Å². The molecule has 1 heterocycles. The molecule has 1 amide bonds. The van der Waals surface area contributed by atoms with E-state index in [-0.39, 0.29) is 6.61 Å². The van der Waals surface area contributed by atoms with Gasteiger partial charge in [0.2, 0.25) is 0 Å². The molecule has 0 fully saturated rings. The molecule has 0 aliphatic carbocycles. The zero-order chi connectivity index (χ0) is 14.5. The van der Waals surface area contributed by atoms with Crippen molar-refractivity contribution < 1.29 is 9.53 Å². The van der Waals surface area contributed by atoms with Crippen LogP contribution in [0.25, 0.3) is 10.9 Å². The highest BCUT2D eigenvalue weighted by molar-refractivity contribution is 5.98. The van der Waals surface area contributed by atoms with Crippen molar-refractivity contribution in [3.05, 3.63) is 72.4 Å². The van der Waals surface area contributed by atoms with Gasteiger partial charge in [0, 0.05) is 11.6 Å². The normalized spacial score (nSPS) is 10.3. The molecule has 1 aromatic heterocycles. The summed E-state index contributed by atoms with van der Waals surface area (Å²) in [6.07, 6.45) is 1.25. The molecule has 2 aromatic carbocycles. The van der Waals surface area contributed by atoms with Crippen molar-refractivity contribution in [3.63, 3.8) is 0 Å². The number of pyridine rings is 1. The number of carbonyl (C=O) groups is 1. The zero-order valence-corrected chi connectivity index (χ0v) is 11.3. The number of aromatic nitrogens is 1. The van der Waals surface area contributed by atoms with Gasteiger partial charge in [-0.05, 0) is 29.8 Å². The number of hydrogen-bond acceptors (Lipinski definition) is 3. The van der Waals surface area contributed by atoms with E-state index in [4.69, 9.17) is 4.74 Å². The Bertz CT molecular complexity index is 752. The van der Waals surface area contributed by atoms with Crippen LogP contribution in [0.3, 0.4) is 0 Å². The van der Waals surface area contributed by atoms with Gasteiger partial charge in [-0.1, -0.05) is 36.4 Å². The number of hydrogen-bond donors (Lipinski definition) is 1. The molecule has 4 nitrogen and oxygen atoms in total. The van der Waals surface area contributed by atoms with Gasteiger partial charge in [0.15, 0.2) is 0 Å². The van der Waals surface area contributed by atoms with Crippen molar-refractivity contribution in [3.8, 4) is 0 Å². The van der Waals surface area contributed by atoms with Crippen molar-refractivity contribution in [2.75, 3.05) is 5.32 Å². The lowest BCUT2D eigenvalue weighted by Crippen LogP contribution is -2.13. The Labute approximate surface area is 122 Å². The number of carbonyl (C=O) groups excluding carboxylic acids is 1. The maximum Gasteiger partial charge on any atom is 0.411 e. The SMILES string of the molecule is O=C(Nc1cccc2ncccc12)OCc1ccccc1. The van der Waals surface area contributed by atoms with E-state index in [1.807, 2.05) is 60.7 Å². The van der Waals surface area contributed by atoms with Crippen LogP contribution in [-0.2, 0) is 11.3 Å². The molecule has 0 radical (unpaired) electrons. The average molecular weight is 278 g/mol. The molecule has 4 heteroatoms. The minimum Gasteiger partial charge on any atom is -0.444 e. The molecule has 104 valence electrons. The van der Waals surface area contributed by atoms with Crippen molar-refractivity contribution in [1.29, 1.82) is 0 Å². The van der Waals surface area contributed by atoms with Crippen LogP contribution in [0.15, 0.2) is 66.9 Å². The van der Waals surface area contributed by atoms with Crippen LogP contribution in [0.5, 0.6) is 0 Å². The molecule has 1 N–H and O–H groups in total. The number of rotatable bonds is 3. The maximum absolute atomic E-state index is 11.9. The van der Waals surface area contributed by atoms with Gasteiger partial charge in [0.05, 0.1) is 11.2 Å². The van der Waals surface area contributed by atoms with E-state index in [2.05, 4.69) is 10.3 Å². The molecule has 0 unspecified atom stereocenters. The van der Waals surface area contributed by atoms with Crippen LogP contribution in [0.1, 0.15) is 5.56 Å². The molecule has 0 spiro atoms. The highest BCUT2D eigenvalue weighted by Crippen LogP contribution is 2.21. The van der Waals surface area contributed by atoms with E-state index in [0.29, 0.717) is 5.69 Å². The second-order valence-corrected chi connectivity index (χ2v) is 4.56. The summed E-state index contributed by atoms with van der Waals surface area (Å²) < 4.78 is 5.21. The van der Waals surface area contributed by atoms with Crippen molar-refractivity contribution in [2.24, 2.45) is 0 Å². The quantitative estimate of drug-likeness (QED) is 0.788. The standard InChI is InChI=1S/C17H14N2O2/c20-17(21-12-13-6-2-1-3-7-13)19-16-10-4-9-15-14(16)8-5-11-18-15/h1-11H,12H2,(H,19,20). The summed E-state index contributed by atoms with van der Waals surface area (Å²) in [6.45, 7) is 0.246. The third kappa shape index (κ3) is 3.17. The Morgan fingerprint density at radius 2 is 1.86 bits per heavy atom. The summed E-state index contributed by atoms with van der Waals surface area (Å²) in [5, 5.41) is 3.64. The Morgan fingerprint density at radius 3 is 2.71 bits per heavy atom. The first kappa shape index (κ1) is 13.1. The second-order valence-electron chi connectivity index (χ2n) is 4.56. The smallest absolute Gasteiger partial charge is 0.411 e. The molecular weight excluding hydrogens is 264 g/mol. The van der Waals surface area contributed by atoms with E-state index in [9.17, 15) is 4.79 Å². The molecular formula is C17H14N2O2. The van der Waals surface area contributed by atoms with Crippen LogP contribution in [0.4, 0.5) is 10.5 Å². The van der Waals surface area contributed by atoms with Gasteiger partial charge < -0.3 is 4.74 Å². The van der Waals surface area contributed by atoms with E-state index in [1.54, 1.807) is 6.20 Å². The van der Waals surface area contributed by atoms with Crippen LogP contribution in [0.2, 0.25) is 0 Å². The summed E-state index contributed by atoms with van der Waals surface area (Å²) >= 11 is 0. The van der Waals surface area contributed by atoms with Crippen LogP contribution in [-0.4, -0.2) is 11.1 Å². The minimum atomic E-state index is -0.477. The number of anilines is 1. The predicted octanol–water partition coefficient (Wildman–Crippen LogP) is 3.98. The average Bonchev–Trinajstić information content (AvgIpc) is 2.54. The number of nitrogens with one attached hydrogen (secondary N) is 1. The van der Waals surface area contributed by atoms with Crippen LogP contribution in [0, 0.1) is 0 Å². The summed E-state index contributed by atoms with van der Waals surface area (Å²) in [6, 6.07) is 18.9. The summed E-state index contributed by atoms with van der Waals surface area (Å²) in [4.78, 5) is 16.1.